The molecule has 1 aromatic carbocycles. The van der Waals surface area contributed by atoms with E-state index in [0.717, 1.165) is 13.0 Å². The van der Waals surface area contributed by atoms with E-state index in [2.05, 4.69) is 18.3 Å². The van der Waals surface area contributed by atoms with E-state index in [1.165, 1.54) is 11.1 Å². The minimum Gasteiger partial charge on any atom is -0.382 e. The van der Waals surface area contributed by atoms with Crippen LogP contribution in [0, 0.1) is 6.92 Å². The number of ether oxygens (including phenoxy) is 1. The predicted octanol–water partition coefficient (Wildman–Crippen LogP) is 2.56. The molecule has 0 heterocycles. The van der Waals surface area contributed by atoms with E-state index in [1.807, 2.05) is 32.2 Å². The number of carbonyl (C=O) groups excluding carboxylic acids is 1. The molecule has 4 heteroatoms. The maximum atomic E-state index is 11.9. The Morgan fingerprint density at radius 3 is 2.79 bits per heavy atom. The van der Waals surface area contributed by atoms with Gasteiger partial charge < -0.3 is 15.0 Å². The number of carbonyl (C=O) groups is 1. The van der Waals surface area contributed by atoms with Crippen molar-refractivity contribution in [2.75, 3.05) is 26.8 Å². The van der Waals surface area contributed by atoms with Crippen molar-refractivity contribution in [1.82, 2.24) is 10.2 Å². The van der Waals surface area contributed by atoms with Gasteiger partial charge in [0.2, 0.25) is 0 Å². The van der Waals surface area contributed by atoms with Gasteiger partial charge in [-0.25, -0.2) is 4.79 Å². The van der Waals surface area contributed by atoms with Gasteiger partial charge in [-0.2, -0.15) is 0 Å². The molecule has 0 bridgehead atoms. The summed E-state index contributed by atoms with van der Waals surface area (Å²) in [6.45, 7) is 6.72. The smallest absolute Gasteiger partial charge is 0.317 e. The highest BCUT2D eigenvalue weighted by atomic mass is 16.5. The Balaban J connectivity index is 2.31. The van der Waals surface area contributed by atoms with Crippen LogP contribution in [0.1, 0.15) is 24.5 Å². The SMILES string of the molecule is CCOCCCNC(=O)N(C)Cc1ccccc1C. The van der Waals surface area contributed by atoms with E-state index in [4.69, 9.17) is 4.74 Å². The fraction of sp³-hybridized carbons (Fsp3) is 0.533. The number of amides is 2. The summed E-state index contributed by atoms with van der Waals surface area (Å²) in [5.41, 5.74) is 2.38. The van der Waals surface area contributed by atoms with Gasteiger partial charge in [0.25, 0.3) is 0 Å². The molecular formula is C15H24N2O2. The largest absolute Gasteiger partial charge is 0.382 e. The zero-order chi connectivity index (χ0) is 14.1. The molecule has 0 spiro atoms. The van der Waals surface area contributed by atoms with Crippen LogP contribution in [0.3, 0.4) is 0 Å². The average Bonchev–Trinajstić information content (AvgIpc) is 2.41. The Morgan fingerprint density at radius 2 is 2.11 bits per heavy atom. The molecular weight excluding hydrogens is 240 g/mol. The highest BCUT2D eigenvalue weighted by Crippen LogP contribution is 2.09. The summed E-state index contributed by atoms with van der Waals surface area (Å²) in [5.74, 6) is 0. The number of rotatable bonds is 7. The van der Waals surface area contributed by atoms with Gasteiger partial charge in [0.1, 0.15) is 0 Å². The van der Waals surface area contributed by atoms with Crippen molar-refractivity contribution in [3.8, 4) is 0 Å². The summed E-state index contributed by atoms with van der Waals surface area (Å²) in [7, 11) is 1.81. The lowest BCUT2D eigenvalue weighted by Gasteiger charge is -2.19. The van der Waals surface area contributed by atoms with Gasteiger partial charge in [0, 0.05) is 33.4 Å². The van der Waals surface area contributed by atoms with Crippen LogP contribution in [0.5, 0.6) is 0 Å². The Bertz CT molecular complexity index is 393. The Labute approximate surface area is 115 Å². The molecule has 0 aliphatic heterocycles. The first-order valence-electron chi connectivity index (χ1n) is 6.76. The molecule has 19 heavy (non-hydrogen) atoms. The second-order valence-electron chi connectivity index (χ2n) is 4.56. The van der Waals surface area contributed by atoms with Crippen molar-refractivity contribution in [2.45, 2.75) is 26.8 Å². The first kappa shape index (κ1) is 15.5. The highest BCUT2D eigenvalue weighted by molar-refractivity contribution is 5.73. The van der Waals surface area contributed by atoms with E-state index in [0.29, 0.717) is 19.7 Å². The lowest BCUT2D eigenvalue weighted by Crippen LogP contribution is -2.37. The van der Waals surface area contributed by atoms with Crippen LogP contribution in [0.25, 0.3) is 0 Å². The van der Waals surface area contributed by atoms with Crippen molar-refractivity contribution in [1.29, 1.82) is 0 Å². The summed E-state index contributed by atoms with van der Waals surface area (Å²) in [6.07, 6.45) is 0.845. The summed E-state index contributed by atoms with van der Waals surface area (Å²) in [4.78, 5) is 13.6. The Hall–Kier alpha value is -1.55. The molecule has 0 atom stereocenters. The third kappa shape index (κ3) is 5.75. The van der Waals surface area contributed by atoms with Crippen molar-refractivity contribution in [2.24, 2.45) is 0 Å². The third-order valence-corrected chi connectivity index (χ3v) is 2.96. The minimum atomic E-state index is -0.0419. The average molecular weight is 264 g/mol. The molecule has 0 aliphatic carbocycles. The molecule has 0 aliphatic rings. The van der Waals surface area contributed by atoms with Crippen molar-refractivity contribution < 1.29 is 9.53 Å². The Kier molecular flexibility index (Phi) is 6.97. The molecule has 106 valence electrons. The van der Waals surface area contributed by atoms with E-state index in [-0.39, 0.29) is 6.03 Å². The van der Waals surface area contributed by atoms with Crippen LogP contribution in [-0.4, -0.2) is 37.7 Å². The summed E-state index contributed by atoms with van der Waals surface area (Å²) in [5, 5.41) is 2.89. The van der Waals surface area contributed by atoms with E-state index < -0.39 is 0 Å². The summed E-state index contributed by atoms with van der Waals surface area (Å²) < 4.78 is 5.22. The van der Waals surface area contributed by atoms with Crippen molar-refractivity contribution >= 4 is 6.03 Å². The normalized spacial score (nSPS) is 10.3. The first-order chi connectivity index (χ1) is 9.15. The molecule has 2 amide bonds. The molecule has 1 rings (SSSR count). The molecule has 0 unspecified atom stereocenters. The van der Waals surface area contributed by atoms with Gasteiger partial charge in [-0.15, -0.1) is 0 Å². The Morgan fingerprint density at radius 1 is 1.37 bits per heavy atom. The standard InChI is InChI=1S/C15H24N2O2/c1-4-19-11-7-10-16-15(18)17(3)12-14-9-6-5-8-13(14)2/h5-6,8-9H,4,7,10-12H2,1-3H3,(H,16,18). The van der Waals surface area contributed by atoms with Crippen LogP contribution in [-0.2, 0) is 11.3 Å². The van der Waals surface area contributed by atoms with Gasteiger partial charge in [0.15, 0.2) is 0 Å². The fourth-order valence-corrected chi connectivity index (χ4v) is 1.76. The number of nitrogens with one attached hydrogen (secondary N) is 1. The molecule has 0 radical (unpaired) electrons. The molecule has 0 saturated carbocycles. The zero-order valence-electron chi connectivity index (χ0n) is 12.1. The third-order valence-electron chi connectivity index (χ3n) is 2.96. The molecule has 0 fully saturated rings. The maximum absolute atomic E-state index is 11.9. The van der Waals surface area contributed by atoms with Gasteiger partial charge >= 0.3 is 6.03 Å². The van der Waals surface area contributed by atoms with Crippen LogP contribution < -0.4 is 5.32 Å². The van der Waals surface area contributed by atoms with Crippen LogP contribution in [0.2, 0.25) is 0 Å². The van der Waals surface area contributed by atoms with E-state index >= 15 is 0 Å². The van der Waals surface area contributed by atoms with Crippen LogP contribution in [0.4, 0.5) is 4.79 Å². The first-order valence-corrected chi connectivity index (χ1v) is 6.76. The van der Waals surface area contributed by atoms with Gasteiger partial charge in [-0.05, 0) is 31.4 Å². The van der Waals surface area contributed by atoms with Crippen LogP contribution in [0.15, 0.2) is 24.3 Å². The number of hydrogen-bond donors (Lipinski definition) is 1. The second kappa shape index (κ2) is 8.53. The number of urea groups is 1. The molecule has 1 aromatic rings. The number of nitrogens with zero attached hydrogens (tertiary/aromatic N) is 1. The highest BCUT2D eigenvalue weighted by Gasteiger charge is 2.09. The molecule has 0 saturated heterocycles. The fourth-order valence-electron chi connectivity index (χ4n) is 1.76. The van der Waals surface area contributed by atoms with Crippen LogP contribution >= 0.6 is 0 Å². The lowest BCUT2D eigenvalue weighted by molar-refractivity contribution is 0.144. The predicted molar refractivity (Wildman–Crippen MR) is 77.2 cm³/mol. The monoisotopic (exact) mass is 264 g/mol. The van der Waals surface area contributed by atoms with Gasteiger partial charge in [-0.1, -0.05) is 24.3 Å². The number of benzene rings is 1. The van der Waals surface area contributed by atoms with E-state index in [9.17, 15) is 4.79 Å². The lowest BCUT2D eigenvalue weighted by atomic mass is 10.1. The topological polar surface area (TPSA) is 41.6 Å². The number of aryl methyl sites for hydroxylation is 1. The maximum Gasteiger partial charge on any atom is 0.317 e. The summed E-state index contributed by atoms with van der Waals surface area (Å²) >= 11 is 0. The quantitative estimate of drug-likeness (QED) is 0.769. The molecule has 0 aromatic heterocycles. The summed E-state index contributed by atoms with van der Waals surface area (Å²) in [6, 6.07) is 8.07. The van der Waals surface area contributed by atoms with Gasteiger partial charge in [-0.3, -0.25) is 0 Å². The van der Waals surface area contributed by atoms with Crippen molar-refractivity contribution in [3.05, 3.63) is 35.4 Å². The zero-order valence-corrected chi connectivity index (χ0v) is 12.1. The number of hydrogen-bond acceptors (Lipinski definition) is 2. The molecule has 4 nitrogen and oxygen atoms in total. The minimum absolute atomic E-state index is 0.0419. The van der Waals surface area contributed by atoms with E-state index in [1.54, 1.807) is 4.90 Å². The van der Waals surface area contributed by atoms with Gasteiger partial charge in [0.05, 0.1) is 0 Å². The molecule has 1 N–H and O–H groups in total. The second-order valence-corrected chi connectivity index (χ2v) is 4.56. The van der Waals surface area contributed by atoms with Crippen molar-refractivity contribution in [3.63, 3.8) is 0 Å².